The van der Waals surface area contributed by atoms with Gasteiger partial charge in [-0.2, -0.15) is 0 Å². The molecular weight excluding hydrogens is 264 g/mol. The van der Waals surface area contributed by atoms with Crippen LogP contribution in [0, 0.1) is 0 Å². The predicted molar refractivity (Wildman–Crippen MR) is 87.5 cm³/mol. The molecule has 0 bridgehead atoms. The van der Waals surface area contributed by atoms with Gasteiger partial charge in [-0.3, -0.25) is 4.79 Å². The molecule has 4 N–H and O–H groups in total. The van der Waals surface area contributed by atoms with Crippen LogP contribution in [-0.2, 0) is 11.2 Å². The van der Waals surface area contributed by atoms with Gasteiger partial charge in [0.15, 0.2) is 0 Å². The monoisotopic (exact) mass is 292 g/mol. The number of hydrogen-bond donors (Lipinski definition) is 3. The molecule has 1 aromatic rings. The van der Waals surface area contributed by atoms with Gasteiger partial charge >= 0.3 is 0 Å². The van der Waals surface area contributed by atoms with Crippen molar-refractivity contribution in [3.05, 3.63) is 23.4 Å². The minimum atomic E-state index is -0.178. The fourth-order valence-corrected chi connectivity index (χ4v) is 2.17. The second kappa shape index (κ2) is 8.74. The molecule has 118 valence electrons. The first-order valence-electron chi connectivity index (χ1n) is 7.85. The second-order valence-corrected chi connectivity index (χ2v) is 5.27. The van der Waals surface area contributed by atoms with E-state index in [2.05, 4.69) is 35.5 Å². The Balaban J connectivity index is 0.00000106. The van der Waals surface area contributed by atoms with Crippen LogP contribution in [0.2, 0.25) is 0 Å². The molecule has 2 heterocycles. The third-order valence-electron chi connectivity index (χ3n) is 3.41. The SMILES string of the molecule is CC.CC(C)c1cnc2c(c1)CC(NCCCN)C(=O)N2. The Hall–Kier alpha value is -1.46. The van der Waals surface area contributed by atoms with E-state index in [-0.39, 0.29) is 11.9 Å². The summed E-state index contributed by atoms with van der Waals surface area (Å²) in [4.78, 5) is 16.3. The maximum absolute atomic E-state index is 11.9. The van der Waals surface area contributed by atoms with Gasteiger partial charge in [-0.05, 0) is 36.6 Å². The molecule has 0 fully saturated rings. The molecule has 1 unspecified atom stereocenters. The number of amides is 1. The standard InChI is InChI=1S/C14H22N4O.C2H6/c1-9(2)11-6-10-7-12(16-5-3-4-15)14(19)18-13(10)17-8-11;1-2/h6,8-9,12,16H,3-5,7,15H2,1-2H3,(H,17,18,19);1-2H3. The molecule has 1 aliphatic heterocycles. The Bertz CT molecular complexity index is 460. The van der Waals surface area contributed by atoms with Crippen molar-refractivity contribution in [1.29, 1.82) is 0 Å². The van der Waals surface area contributed by atoms with Crippen molar-refractivity contribution in [2.45, 2.75) is 52.5 Å². The van der Waals surface area contributed by atoms with Crippen LogP contribution < -0.4 is 16.4 Å². The van der Waals surface area contributed by atoms with Gasteiger partial charge in [0.1, 0.15) is 5.82 Å². The zero-order valence-corrected chi connectivity index (χ0v) is 13.6. The second-order valence-electron chi connectivity index (χ2n) is 5.27. The molecule has 0 saturated heterocycles. The van der Waals surface area contributed by atoms with Crippen LogP contribution >= 0.6 is 0 Å². The van der Waals surface area contributed by atoms with Crippen LogP contribution in [0.4, 0.5) is 5.82 Å². The molecule has 0 aliphatic carbocycles. The Morgan fingerprint density at radius 3 is 2.81 bits per heavy atom. The van der Waals surface area contributed by atoms with E-state index in [0.29, 0.717) is 24.7 Å². The van der Waals surface area contributed by atoms with E-state index in [9.17, 15) is 4.79 Å². The van der Waals surface area contributed by atoms with Crippen LogP contribution in [0.3, 0.4) is 0 Å². The molecule has 21 heavy (non-hydrogen) atoms. The largest absolute Gasteiger partial charge is 0.330 e. The van der Waals surface area contributed by atoms with Gasteiger partial charge in [-0.1, -0.05) is 33.8 Å². The molecule has 1 aliphatic rings. The van der Waals surface area contributed by atoms with Gasteiger partial charge in [0, 0.05) is 12.6 Å². The first-order chi connectivity index (χ1) is 10.1. The number of pyridine rings is 1. The molecule has 0 saturated carbocycles. The van der Waals surface area contributed by atoms with E-state index in [0.717, 1.165) is 18.5 Å². The highest BCUT2D eigenvalue weighted by Crippen LogP contribution is 2.24. The zero-order valence-electron chi connectivity index (χ0n) is 13.6. The molecule has 2 rings (SSSR count). The van der Waals surface area contributed by atoms with Crippen LogP contribution in [0.5, 0.6) is 0 Å². The number of carbonyl (C=O) groups excluding carboxylic acids is 1. The third kappa shape index (κ3) is 4.79. The Morgan fingerprint density at radius 2 is 2.19 bits per heavy atom. The van der Waals surface area contributed by atoms with Crippen LogP contribution in [0.15, 0.2) is 12.3 Å². The van der Waals surface area contributed by atoms with E-state index < -0.39 is 0 Å². The van der Waals surface area contributed by atoms with Gasteiger partial charge in [0.25, 0.3) is 0 Å². The van der Waals surface area contributed by atoms with Crippen molar-refractivity contribution in [3.8, 4) is 0 Å². The van der Waals surface area contributed by atoms with Crippen molar-refractivity contribution < 1.29 is 4.79 Å². The molecule has 0 radical (unpaired) electrons. The highest BCUT2D eigenvalue weighted by molar-refractivity contribution is 5.97. The van der Waals surface area contributed by atoms with Gasteiger partial charge < -0.3 is 16.4 Å². The molecule has 1 atom stereocenters. The number of hydrogen-bond acceptors (Lipinski definition) is 4. The van der Waals surface area contributed by atoms with Crippen LogP contribution in [-0.4, -0.2) is 30.0 Å². The summed E-state index contributed by atoms with van der Waals surface area (Å²) < 4.78 is 0. The smallest absolute Gasteiger partial charge is 0.243 e. The number of fused-ring (bicyclic) bond motifs is 1. The van der Waals surface area contributed by atoms with Crippen LogP contribution in [0.25, 0.3) is 0 Å². The normalized spacial score (nSPS) is 16.9. The predicted octanol–water partition coefficient (Wildman–Crippen LogP) is 2.03. The summed E-state index contributed by atoms with van der Waals surface area (Å²) in [6.07, 6.45) is 3.41. The summed E-state index contributed by atoms with van der Waals surface area (Å²) in [6, 6.07) is 1.97. The lowest BCUT2D eigenvalue weighted by Crippen LogP contribution is -2.46. The van der Waals surface area contributed by atoms with Gasteiger partial charge in [-0.25, -0.2) is 4.98 Å². The first-order valence-corrected chi connectivity index (χ1v) is 7.85. The van der Waals surface area contributed by atoms with Crippen molar-refractivity contribution in [2.24, 2.45) is 5.73 Å². The van der Waals surface area contributed by atoms with Crippen LogP contribution in [0.1, 0.15) is 51.2 Å². The molecule has 1 aromatic heterocycles. The topological polar surface area (TPSA) is 80.0 Å². The fourth-order valence-electron chi connectivity index (χ4n) is 2.17. The van der Waals surface area contributed by atoms with Crippen molar-refractivity contribution in [2.75, 3.05) is 18.4 Å². The lowest BCUT2D eigenvalue weighted by atomic mass is 9.97. The summed E-state index contributed by atoms with van der Waals surface area (Å²) in [5.74, 6) is 1.14. The van der Waals surface area contributed by atoms with E-state index in [1.165, 1.54) is 5.56 Å². The van der Waals surface area contributed by atoms with E-state index >= 15 is 0 Å². The maximum atomic E-state index is 11.9. The Labute approximate surface area is 127 Å². The van der Waals surface area contributed by atoms with Crippen molar-refractivity contribution in [1.82, 2.24) is 10.3 Å². The summed E-state index contributed by atoms with van der Waals surface area (Å²) in [6.45, 7) is 9.68. The highest BCUT2D eigenvalue weighted by atomic mass is 16.2. The minimum absolute atomic E-state index is 0.00526. The number of nitrogens with two attached hydrogens (primary N) is 1. The number of nitrogens with one attached hydrogen (secondary N) is 2. The molecule has 5 heteroatoms. The van der Waals surface area contributed by atoms with E-state index in [4.69, 9.17) is 5.73 Å². The van der Waals surface area contributed by atoms with E-state index in [1.54, 1.807) is 0 Å². The number of carbonyl (C=O) groups is 1. The quantitative estimate of drug-likeness (QED) is 0.725. The maximum Gasteiger partial charge on any atom is 0.243 e. The summed E-state index contributed by atoms with van der Waals surface area (Å²) in [5, 5.41) is 6.10. The lowest BCUT2D eigenvalue weighted by Gasteiger charge is -2.25. The summed E-state index contributed by atoms with van der Waals surface area (Å²) >= 11 is 0. The molecule has 0 aromatic carbocycles. The average molecular weight is 292 g/mol. The number of aromatic nitrogens is 1. The Morgan fingerprint density at radius 1 is 1.48 bits per heavy atom. The molecular formula is C16H28N4O. The third-order valence-corrected chi connectivity index (χ3v) is 3.41. The Kier molecular flexibility index (Phi) is 7.32. The zero-order chi connectivity index (χ0) is 15.8. The first kappa shape index (κ1) is 17.6. The molecule has 1 amide bonds. The van der Waals surface area contributed by atoms with Gasteiger partial charge in [-0.15, -0.1) is 0 Å². The van der Waals surface area contributed by atoms with Gasteiger partial charge in [0.2, 0.25) is 5.91 Å². The molecule has 5 nitrogen and oxygen atoms in total. The van der Waals surface area contributed by atoms with Crippen molar-refractivity contribution in [3.63, 3.8) is 0 Å². The summed E-state index contributed by atoms with van der Waals surface area (Å²) in [7, 11) is 0. The number of nitrogens with zero attached hydrogens (tertiary/aromatic N) is 1. The average Bonchev–Trinajstić information content (AvgIpc) is 2.49. The van der Waals surface area contributed by atoms with Gasteiger partial charge in [0.05, 0.1) is 6.04 Å². The van der Waals surface area contributed by atoms with Crippen molar-refractivity contribution >= 4 is 11.7 Å². The fraction of sp³-hybridized carbons (Fsp3) is 0.625. The molecule has 0 spiro atoms. The highest BCUT2D eigenvalue weighted by Gasteiger charge is 2.26. The minimum Gasteiger partial charge on any atom is -0.330 e. The number of anilines is 1. The van der Waals surface area contributed by atoms with E-state index in [1.807, 2.05) is 20.0 Å². The number of rotatable bonds is 5. The summed E-state index contributed by atoms with van der Waals surface area (Å²) in [5.41, 5.74) is 7.77. The lowest BCUT2D eigenvalue weighted by molar-refractivity contribution is -0.118.